The molecule has 0 aliphatic rings. The van der Waals surface area contributed by atoms with Crippen LogP contribution in [0, 0.1) is 27.7 Å². The molecule has 0 bridgehead atoms. The summed E-state index contributed by atoms with van der Waals surface area (Å²) < 4.78 is 0. The standard InChI is InChI=1S/C19H24N2O/c1-12-10-13(2)16(5)18(15(12)4)19(22)21-14(3)11-17-6-8-20-9-7-17/h6-10,14H,11H2,1-5H3,(H,21,22). The van der Waals surface area contributed by atoms with E-state index in [2.05, 4.69) is 30.2 Å². The predicted octanol–water partition coefficient (Wildman–Crippen LogP) is 3.68. The highest BCUT2D eigenvalue weighted by Crippen LogP contribution is 2.21. The Balaban J connectivity index is 2.16. The van der Waals surface area contributed by atoms with Crippen molar-refractivity contribution in [3.63, 3.8) is 0 Å². The highest BCUT2D eigenvalue weighted by atomic mass is 16.1. The van der Waals surface area contributed by atoms with Gasteiger partial charge in [0.25, 0.3) is 5.91 Å². The summed E-state index contributed by atoms with van der Waals surface area (Å²) in [5.41, 5.74) is 6.45. The molecule has 1 N–H and O–H groups in total. The van der Waals surface area contributed by atoms with E-state index in [9.17, 15) is 4.79 Å². The van der Waals surface area contributed by atoms with E-state index in [1.165, 1.54) is 5.56 Å². The Kier molecular flexibility index (Phi) is 4.96. The van der Waals surface area contributed by atoms with Crippen molar-refractivity contribution in [1.29, 1.82) is 0 Å². The Morgan fingerprint density at radius 3 is 2.18 bits per heavy atom. The number of carbonyl (C=O) groups is 1. The number of carbonyl (C=O) groups excluding carboxylic acids is 1. The van der Waals surface area contributed by atoms with Gasteiger partial charge in [-0.05, 0) is 81.0 Å². The summed E-state index contributed by atoms with van der Waals surface area (Å²) in [6.45, 7) is 10.2. The summed E-state index contributed by atoms with van der Waals surface area (Å²) in [5, 5.41) is 3.12. The molecule has 1 heterocycles. The van der Waals surface area contributed by atoms with Crippen LogP contribution in [0.4, 0.5) is 0 Å². The molecule has 0 aliphatic carbocycles. The summed E-state index contributed by atoms with van der Waals surface area (Å²) in [4.78, 5) is 16.7. The maximum Gasteiger partial charge on any atom is 0.252 e. The second-order valence-corrected chi connectivity index (χ2v) is 6.07. The van der Waals surface area contributed by atoms with Crippen molar-refractivity contribution >= 4 is 5.91 Å². The number of aromatic nitrogens is 1. The highest BCUT2D eigenvalue weighted by molar-refractivity contribution is 5.97. The summed E-state index contributed by atoms with van der Waals surface area (Å²) in [6, 6.07) is 6.18. The summed E-state index contributed by atoms with van der Waals surface area (Å²) in [6.07, 6.45) is 4.36. The van der Waals surface area contributed by atoms with Gasteiger partial charge in [0, 0.05) is 24.0 Å². The number of amides is 1. The molecular formula is C19H24N2O. The van der Waals surface area contributed by atoms with Crippen LogP contribution < -0.4 is 5.32 Å². The first kappa shape index (κ1) is 16.2. The van der Waals surface area contributed by atoms with Crippen LogP contribution in [-0.2, 0) is 6.42 Å². The van der Waals surface area contributed by atoms with Gasteiger partial charge in [-0.3, -0.25) is 9.78 Å². The fraction of sp³-hybridized carbons (Fsp3) is 0.368. The number of hydrogen-bond acceptors (Lipinski definition) is 2. The molecule has 3 nitrogen and oxygen atoms in total. The minimum atomic E-state index is 0.0170. The van der Waals surface area contributed by atoms with Gasteiger partial charge in [-0.15, -0.1) is 0 Å². The van der Waals surface area contributed by atoms with Crippen LogP contribution in [-0.4, -0.2) is 16.9 Å². The van der Waals surface area contributed by atoms with Gasteiger partial charge in [-0.1, -0.05) is 6.07 Å². The molecule has 3 heteroatoms. The van der Waals surface area contributed by atoms with Crippen molar-refractivity contribution in [3.8, 4) is 0 Å². The van der Waals surface area contributed by atoms with Crippen molar-refractivity contribution in [3.05, 3.63) is 64.0 Å². The molecule has 1 atom stereocenters. The smallest absolute Gasteiger partial charge is 0.252 e. The fourth-order valence-corrected chi connectivity index (χ4v) is 2.78. The monoisotopic (exact) mass is 296 g/mol. The van der Waals surface area contributed by atoms with E-state index in [0.29, 0.717) is 0 Å². The molecule has 0 saturated carbocycles. The Bertz CT molecular complexity index is 651. The first-order chi connectivity index (χ1) is 10.4. The van der Waals surface area contributed by atoms with Crippen LogP contribution >= 0.6 is 0 Å². The van der Waals surface area contributed by atoms with Gasteiger partial charge in [0.1, 0.15) is 0 Å². The number of hydrogen-bond donors (Lipinski definition) is 1. The molecule has 22 heavy (non-hydrogen) atoms. The average Bonchev–Trinajstić information content (AvgIpc) is 2.46. The number of pyridine rings is 1. The fourth-order valence-electron chi connectivity index (χ4n) is 2.78. The molecule has 2 aromatic rings. The van der Waals surface area contributed by atoms with Gasteiger partial charge < -0.3 is 5.32 Å². The molecule has 0 spiro atoms. The summed E-state index contributed by atoms with van der Waals surface area (Å²) in [5.74, 6) is 0.0170. The molecule has 0 radical (unpaired) electrons. The molecule has 0 aliphatic heterocycles. The maximum absolute atomic E-state index is 12.7. The lowest BCUT2D eigenvalue weighted by Crippen LogP contribution is -2.35. The lowest BCUT2D eigenvalue weighted by molar-refractivity contribution is 0.0938. The molecule has 1 amide bonds. The van der Waals surface area contributed by atoms with Crippen LogP contribution in [0.2, 0.25) is 0 Å². The van der Waals surface area contributed by atoms with E-state index in [4.69, 9.17) is 0 Å². The van der Waals surface area contributed by atoms with Crippen molar-refractivity contribution in [2.45, 2.75) is 47.1 Å². The van der Waals surface area contributed by atoms with Crippen LogP contribution in [0.25, 0.3) is 0 Å². The normalized spacial score (nSPS) is 12.0. The Hall–Kier alpha value is -2.16. The van der Waals surface area contributed by atoms with Crippen LogP contribution in [0.3, 0.4) is 0 Å². The van der Waals surface area contributed by atoms with E-state index in [1.807, 2.05) is 32.9 Å². The van der Waals surface area contributed by atoms with Crippen molar-refractivity contribution in [2.75, 3.05) is 0 Å². The summed E-state index contributed by atoms with van der Waals surface area (Å²) >= 11 is 0. The second kappa shape index (κ2) is 6.73. The molecule has 1 aromatic heterocycles. The number of benzene rings is 1. The Morgan fingerprint density at radius 1 is 1.09 bits per heavy atom. The zero-order valence-corrected chi connectivity index (χ0v) is 14.0. The quantitative estimate of drug-likeness (QED) is 0.935. The van der Waals surface area contributed by atoms with E-state index >= 15 is 0 Å². The number of rotatable bonds is 4. The van der Waals surface area contributed by atoms with Gasteiger partial charge >= 0.3 is 0 Å². The molecule has 1 aromatic carbocycles. The second-order valence-electron chi connectivity index (χ2n) is 6.07. The molecular weight excluding hydrogens is 272 g/mol. The van der Waals surface area contributed by atoms with Crippen LogP contribution in [0.1, 0.15) is 45.1 Å². The lowest BCUT2D eigenvalue weighted by Gasteiger charge is -2.18. The Labute approximate surface area is 132 Å². The number of nitrogens with one attached hydrogen (secondary N) is 1. The first-order valence-corrected chi connectivity index (χ1v) is 7.67. The molecule has 1 unspecified atom stereocenters. The molecule has 0 saturated heterocycles. The van der Waals surface area contributed by atoms with E-state index in [0.717, 1.165) is 34.2 Å². The van der Waals surface area contributed by atoms with Crippen LogP contribution in [0.15, 0.2) is 30.6 Å². The third-order valence-corrected chi connectivity index (χ3v) is 4.26. The average molecular weight is 296 g/mol. The third-order valence-electron chi connectivity index (χ3n) is 4.26. The highest BCUT2D eigenvalue weighted by Gasteiger charge is 2.17. The van der Waals surface area contributed by atoms with Gasteiger partial charge in [-0.25, -0.2) is 0 Å². The molecule has 2 rings (SSSR count). The van der Waals surface area contributed by atoms with E-state index < -0.39 is 0 Å². The third kappa shape index (κ3) is 3.53. The van der Waals surface area contributed by atoms with Gasteiger partial charge in [0.2, 0.25) is 0 Å². The molecule has 116 valence electrons. The maximum atomic E-state index is 12.7. The first-order valence-electron chi connectivity index (χ1n) is 7.67. The van der Waals surface area contributed by atoms with Gasteiger partial charge in [0.05, 0.1) is 0 Å². The summed E-state index contributed by atoms with van der Waals surface area (Å²) in [7, 11) is 0. The van der Waals surface area contributed by atoms with Crippen molar-refractivity contribution in [2.24, 2.45) is 0 Å². The topological polar surface area (TPSA) is 42.0 Å². The zero-order valence-electron chi connectivity index (χ0n) is 14.0. The van der Waals surface area contributed by atoms with E-state index in [1.54, 1.807) is 12.4 Å². The lowest BCUT2D eigenvalue weighted by atomic mass is 9.93. The number of nitrogens with zero attached hydrogens (tertiary/aromatic N) is 1. The van der Waals surface area contributed by atoms with Crippen LogP contribution in [0.5, 0.6) is 0 Å². The minimum Gasteiger partial charge on any atom is -0.349 e. The minimum absolute atomic E-state index is 0.0170. The Morgan fingerprint density at radius 2 is 1.64 bits per heavy atom. The predicted molar refractivity (Wildman–Crippen MR) is 90.3 cm³/mol. The van der Waals surface area contributed by atoms with Crippen molar-refractivity contribution < 1.29 is 4.79 Å². The largest absolute Gasteiger partial charge is 0.349 e. The molecule has 0 fully saturated rings. The number of aryl methyl sites for hydroxylation is 2. The van der Waals surface area contributed by atoms with Crippen molar-refractivity contribution in [1.82, 2.24) is 10.3 Å². The van der Waals surface area contributed by atoms with Gasteiger partial charge in [0.15, 0.2) is 0 Å². The zero-order chi connectivity index (χ0) is 16.3. The van der Waals surface area contributed by atoms with Gasteiger partial charge in [-0.2, -0.15) is 0 Å². The SMILES string of the molecule is Cc1cc(C)c(C)c(C(=O)NC(C)Cc2ccncc2)c1C. The van der Waals surface area contributed by atoms with E-state index in [-0.39, 0.29) is 11.9 Å².